The first-order valence-corrected chi connectivity index (χ1v) is 5.66. The van der Waals surface area contributed by atoms with Gasteiger partial charge in [-0.1, -0.05) is 26.7 Å². The number of carboxylic acid groups (broad SMARTS) is 1. The summed E-state index contributed by atoms with van der Waals surface area (Å²) >= 11 is 0. The average molecular weight is 230 g/mol. The second kappa shape index (κ2) is 11.9. The van der Waals surface area contributed by atoms with E-state index in [1.54, 1.807) is 6.92 Å². The molecular weight excluding hydrogens is 208 g/mol. The molecule has 0 unspecified atom stereocenters. The van der Waals surface area contributed by atoms with Crippen LogP contribution in [0.25, 0.3) is 0 Å². The topological polar surface area (TPSA) is 71.4 Å². The third kappa shape index (κ3) is 18.6. The van der Waals surface area contributed by atoms with Crippen molar-refractivity contribution in [3.8, 4) is 0 Å². The maximum atomic E-state index is 10.9. The normalized spacial score (nSPS) is 8.94. The van der Waals surface area contributed by atoms with Crippen molar-refractivity contribution in [3.05, 3.63) is 0 Å². The summed E-state index contributed by atoms with van der Waals surface area (Å²) in [4.78, 5) is 30.7. The molecule has 0 radical (unpaired) electrons. The summed E-state index contributed by atoms with van der Waals surface area (Å²) < 4.78 is 0. The van der Waals surface area contributed by atoms with Crippen molar-refractivity contribution in [2.24, 2.45) is 0 Å². The standard InChI is InChI=1S/C9H16O2.C3H6O2/c1-3-4-5-6-9(11)7-8(2)10;1-2-3(4)5/h3-7H2,1-2H3;2H2,1H3,(H,4,5). The van der Waals surface area contributed by atoms with E-state index in [4.69, 9.17) is 5.11 Å². The number of carbonyl (C=O) groups is 3. The Morgan fingerprint density at radius 1 is 1.06 bits per heavy atom. The summed E-state index contributed by atoms with van der Waals surface area (Å²) in [6.07, 6.45) is 4.07. The fourth-order valence-corrected chi connectivity index (χ4v) is 0.938. The number of hydrogen-bond donors (Lipinski definition) is 1. The molecule has 16 heavy (non-hydrogen) atoms. The van der Waals surface area contributed by atoms with E-state index < -0.39 is 5.97 Å². The van der Waals surface area contributed by atoms with Crippen LogP contribution < -0.4 is 0 Å². The van der Waals surface area contributed by atoms with Gasteiger partial charge in [-0.2, -0.15) is 0 Å². The number of unbranched alkanes of at least 4 members (excludes halogenated alkanes) is 2. The van der Waals surface area contributed by atoms with E-state index in [-0.39, 0.29) is 24.4 Å². The minimum absolute atomic E-state index is 0.0218. The first kappa shape index (κ1) is 17.2. The molecule has 0 aromatic rings. The molecule has 0 saturated heterocycles. The molecule has 0 aromatic heterocycles. The number of ketones is 2. The molecule has 0 fully saturated rings. The van der Waals surface area contributed by atoms with Crippen LogP contribution >= 0.6 is 0 Å². The predicted molar refractivity (Wildman–Crippen MR) is 62.4 cm³/mol. The van der Waals surface area contributed by atoms with Crippen molar-refractivity contribution in [2.45, 2.75) is 59.3 Å². The lowest BCUT2D eigenvalue weighted by molar-refractivity contribution is -0.136. The minimum Gasteiger partial charge on any atom is -0.481 e. The van der Waals surface area contributed by atoms with E-state index in [1.807, 2.05) is 0 Å². The van der Waals surface area contributed by atoms with Crippen LogP contribution in [-0.2, 0) is 14.4 Å². The molecule has 0 aliphatic heterocycles. The Morgan fingerprint density at radius 3 is 1.88 bits per heavy atom. The van der Waals surface area contributed by atoms with Gasteiger partial charge in [-0.15, -0.1) is 0 Å². The quantitative estimate of drug-likeness (QED) is 0.539. The average Bonchev–Trinajstić information content (AvgIpc) is 2.18. The highest BCUT2D eigenvalue weighted by molar-refractivity contribution is 5.97. The van der Waals surface area contributed by atoms with Crippen LogP contribution in [0.1, 0.15) is 59.3 Å². The highest BCUT2D eigenvalue weighted by atomic mass is 16.4. The van der Waals surface area contributed by atoms with E-state index in [9.17, 15) is 14.4 Å². The van der Waals surface area contributed by atoms with E-state index in [0.29, 0.717) is 6.42 Å². The summed E-state index contributed by atoms with van der Waals surface area (Å²) in [7, 11) is 0. The summed E-state index contributed by atoms with van der Waals surface area (Å²) in [6, 6.07) is 0. The maximum Gasteiger partial charge on any atom is 0.303 e. The first-order chi connectivity index (χ1) is 7.43. The number of Topliss-reactive ketones (excluding diaryl/α,β-unsaturated/α-hetero) is 2. The lowest BCUT2D eigenvalue weighted by atomic mass is 10.1. The Kier molecular flexibility index (Phi) is 12.8. The first-order valence-electron chi connectivity index (χ1n) is 5.66. The zero-order chi connectivity index (χ0) is 13.0. The van der Waals surface area contributed by atoms with Crippen molar-refractivity contribution < 1.29 is 19.5 Å². The number of carboxylic acids is 1. The van der Waals surface area contributed by atoms with E-state index >= 15 is 0 Å². The molecule has 0 bridgehead atoms. The van der Waals surface area contributed by atoms with Crippen molar-refractivity contribution in [1.29, 1.82) is 0 Å². The molecular formula is C12H22O4. The van der Waals surface area contributed by atoms with Gasteiger partial charge in [-0.05, 0) is 13.3 Å². The van der Waals surface area contributed by atoms with E-state index in [0.717, 1.165) is 19.3 Å². The molecule has 4 heteroatoms. The van der Waals surface area contributed by atoms with Crippen LogP contribution in [0.4, 0.5) is 0 Å². The highest BCUT2D eigenvalue weighted by Gasteiger charge is 2.03. The number of hydrogen-bond acceptors (Lipinski definition) is 3. The third-order valence-electron chi connectivity index (χ3n) is 1.81. The van der Waals surface area contributed by atoms with Crippen LogP contribution in [0.3, 0.4) is 0 Å². The Balaban J connectivity index is 0. The molecule has 0 amide bonds. The van der Waals surface area contributed by atoms with Crippen LogP contribution in [0, 0.1) is 0 Å². The minimum atomic E-state index is -0.745. The van der Waals surface area contributed by atoms with Gasteiger partial charge in [0.1, 0.15) is 11.6 Å². The maximum absolute atomic E-state index is 10.9. The lowest BCUT2D eigenvalue weighted by Gasteiger charge is -1.95. The van der Waals surface area contributed by atoms with E-state index in [1.165, 1.54) is 6.92 Å². The Labute approximate surface area is 97.0 Å². The SMILES string of the molecule is CCC(=O)O.CCCCCC(=O)CC(C)=O. The number of aliphatic carboxylic acids is 1. The summed E-state index contributed by atoms with van der Waals surface area (Å²) in [5.74, 6) is -0.678. The van der Waals surface area contributed by atoms with Gasteiger partial charge in [-0.25, -0.2) is 0 Å². The van der Waals surface area contributed by atoms with Gasteiger partial charge < -0.3 is 5.11 Å². The molecule has 94 valence electrons. The monoisotopic (exact) mass is 230 g/mol. The molecule has 0 spiro atoms. The van der Waals surface area contributed by atoms with Crippen molar-refractivity contribution in [2.75, 3.05) is 0 Å². The smallest absolute Gasteiger partial charge is 0.303 e. The summed E-state index contributed by atoms with van der Waals surface area (Å²) in [5, 5.41) is 7.72. The van der Waals surface area contributed by atoms with Crippen molar-refractivity contribution in [1.82, 2.24) is 0 Å². The molecule has 1 N–H and O–H groups in total. The zero-order valence-electron chi connectivity index (χ0n) is 10.4. The molecule has 4 nitrogen and oxygen atoms in total. The molecule has 0 aliphatic rings. The predicted octanol–water partition coefficient (Wildman–Crippen LogP) is 2.60. The van der Waals surface area contributed by atoms with Gasteiger partial charge in [0.05, 0.1) is 6.42 Å². The molecule has 0 heterocycles. The largest absolute Gasteiger partial charge is 0.481 e. The van der Waals surface area contributed by atoms with Crippen LogP contribution in [0.15, 0.2) is 0 Å². The van der Waals surface area contributed by atoms with Gasteiger partial charge in [0.15, 0.2) is 0 Å². The Hall–Kier alpha value is -1.19. The molecule has 0 atom stereocenters. The van der Waals surface area contributed by atoms with Crippen molar-refractivity contribution in [3.63, 3.8) is 0 Å². The lowest BCUT2D eigenvalue weighted by Crippen LogP contribution is -2.03. The fraction of sp³-hybridized carbons (Fsp3) is 0.750. The van der Waals surface area contributed by atoms with Gasteiger partial charge in [0, 0.05) is 12.8 Å². The third-order valence-corrected chi connectivity index (χ3v) is 1.81. The van der Waals surface area contributed by atoms with Crippen LogP contribution in [-0.4, -0.2) is 22.6 Å². The Bertz CT molecular complexity index is 221. The fourth-order valence-electron chi connectivity index (χ4n) is 0.938. The van der Waals surface area contributed by atoms with Crippen molar-refractivity contribution >= 4 is 17.5 Å². The van der Waals surface area contributed by atoms with Gasteiger partial charge >= 0.3 is 5.97 Å². The second-order valence-electron chi connectivity index (χ2n) is 3.62. The molecule has 0 rings (SSSR count). The van der Waals surface area contributed by atoms with Gasteiger partial charge in [0.25, 0.3) is 0 Å². The summed E-state index contributed by atoms with van der Waals surface area (Å²) in [5.41, 5.74) is 0. The highest BCUT2D eigenvalue weighted by Crippen LogP contribution is 2.01. The zero-order valence-corrected chi connectivity index (χ0v) is 10.4. The molecule has 0 aromatic carbocycles. The number of rotatable bonds is 7. The molecule has 0 saturated carbocycles. The molecule has 0 aliphatic carbocycles. The van der Waals surface area contributed by atoms with E-state index in [2.05, 4.69) is 6.92 Å². The Morgan fingerprint density at radius 2 is 1.56 bits per heavy atom. The van der Waals surface area contributed by atoms with Crippen LogP contribution in [0.5, 0.6) is 0 Å². The van der Waals surface area contributed by atoms with Gasteiger partial charge in [-0.3, -0.25) is 14.4 Å². The second-order valence-corrected chi connectivity index (χ2v) is 3.62. The van der Waals surface area contributed by atoms with Crippen LogP contribution in [0.2, 0.25) is 0 Å². The number of carbonyl (C=O) groups excluding carboxylic acids is 2. The van der Waals surface area contributed by atoms with Gasteiger partial charge in [0.2, 0.25) is 0 Å². The summed E-state index contributed by atoms with van der Waals surface area (Å²) in [6.45, 7) is 5.15.